The molecule has 4 nitrogen and oxygen atoms in total. The van der Waals surface area contributed by atoms with E-state index in [4.69, 9.17) is 10.2 Å². The van der Waals surface area contributed by atoms with Crippen LogP contribution in [-0.4, -0.2) is 9.97 Å². The van der Waals surface area contributed by atoms with Crippen molar-refractivity contribution in [2.45, 2.75) is 6.92 Å². The monoisotopic (exact) mass is 225 g/mol. The molecule has 0 bridgehead atoms. The van der Waals surface area contributed by atoms with E-state index in [0.29, 0.717) is 23.1 Å². The zero-order chi connectivity index (χ0) is 11.8. The summed E-state index contributed by atoms with van der Waals surface area (Å²) in [6, 6.07) is 11.5. The number of furan rings is 1. The number of para-hydroxylation sites is 1. The van der Waals surface area contributed by atoms with Crippen LogP contribution in [0.4, 0.5) is 5.82 Å². The number of hydrogen-bond donors (Lipinski definition) is 1. The van der Waals surface area contributed by atoms with Crippen LogP contribution in [-0.2, 0) is 0 Å². The highest BCUT2D eigenvalue weighted by atomic mass is 16.3. The highest BCUT2D eigenvalue weighted by molar-refractivity contribution is 5.82. The van der Waals surface area contributed by atoms with E-state index in [1.807, 2.05) is 37.3 Å². The summed E-state index contributed by atoms with van der Waals surface area (Å²) < 4.78 is 5.72. The lowest BCUT2D eigenvalue weighted by atomic mass is 10.2. The van der Waals surface area contributed by atoms with Gasteiger partial charge in [-0.25, -0.2) is 9.97 Å². The second kappa shape index (κ2) is 3.59. The van der Waals surface area contributed by atoms with Gasteiger partial charge in [0.05, 0.1) is 0 Å². The maximum Gasteiger partial charge on any atom is 0.154 e. The van der Waals surface area contributed by atoms with Gasteiger partial charge < -0.3 is 10.2 Å². The van der Waals surface area contributed by atoms with E-state index in [2.05, 4.69) is 9.97 Å². The maximum atomic E-state index is 5.72. The highest BCUT2D eigenvalue weighted by Crippen LogP contribution is 2.26. The summed E-state index contributed by atoms with van der Waals surface area (Å²) in [4.78, 5) is 8.35. The van der Waals surface area contributed by atoms with Crippen molar-refractivity contribution in [3.05, 3.63) is 42.2 Å². The largest absolute Gasteiger partial charge is 0.454 e. The summed E-state index contributed by atoms with van der Waals surface area (Å²) in [7, 11) is 0. The van der Waals surface area contributed by atoms with E-state index in [0.717, 1.165) is 11.0 Å². The topological polar surface area (TPSA) is 64.9 Å². The minimum atomic E-state index is 0.452. The number of anilines is 1. The van der Waals surface area contributed by atoms with Crippen molar-refractivity contribution < 1.29 is 4.42 Å². The van der Waals surface area contributed by atoms with Crippen molar-refractivity contribution in [2.75, 3.05) is 5.73 Å². The van der Waals surface area contributed by atoms with Gasteiger partial charge in [0, 0.05) is 11.5 Å². The Morgan fingerprint density at radius 2 is 1.94 bits per heavy atom. The average Bonchev–Trinajstić information content (AvgIpc) is 2.71. The second-order valence-corrected chi connectivity index (χ2v) is 3.87. The summed E-state index contributed by atoms with van der Waals surface area (Å²) in [5.74, 6) is 1.80. The molecule has 0 aliphatic rings. The molecule has 3 rings (SSSR count). The van der Waals surface area contributed by atoms with Gasteiger partial charge in [-0.15, -0.1) is 0 Å². The fourth-order valence-corrected chi connectivity index (χ4v) is 1.83. The minimum absolute atomic E-state index is 0.452. The SMILES string of the molecule is Cc1nc(N)cc(-c2cc3ccccc3o2)n1. The number of rotatable bonds is 1. The number of nitrogen functional groups attached to an aromatic ring is 1. The number of nitrogens with zero attached hydrogens (tertiary/aromatic N) is 2. The molecule has 0 saturated heterocycles. The van der Waals surface area contributed by atoms with Gasteiger partial charge in [0.25, 0.3) is 0 Å². The minimum Gasteiger partial charge on any atom is -0.454 e. The molecular formula is C13H11N3O. The van der Waals surface area contributed by atoms with E-state index < -0.39 is 0 Å². The Bertz CT molecular complexity index is 635. The average molecular weight is 225 g/mol. The van der Waals surface area contributed by atoms with Crippen molar-refractivity contribution in [3.63, 3.8) is 0 Å². The van der Waals surface area contributed by atoms with Crippen LogP contribution in [0.1, 0.15) is 5.82 Å². The van der Waals surface area contributed by atoms with Crippen molar-refractivity contribution >= 4 is 16.8 Å². The molecule has 0 aliphatic carbocycles. The molecular weight excluding hydrogens is 214 g/mol. The molecule has 0 aliphatic heterocycles. The van der Waals surface area contributed by atoms with Gasteiger partial charge in [0.2, 0.25) is 0 Å². The van der Waals surface area contributed by atoms with Gasteiger partial charge in [0.15, 0.2) is 5.76 Å². The molecule has 2 aromatic heterocycles. The third-order valence-electron chi connectivity index (χ3n) is 2.54. The Morgan fingerprint density at radius 1 is 1.12 bits per heavy atom. The van der Waals surface area contributed by atoms with Gasteiger partial charge in [-0.1, -0.05) is 18.2 Å². The molecule has 17 heavy (non-hydrogen) atoms. The van der Waals surface area contributed by atoms with Crippen LogP contribution in [0.15, 0.2) is 40.8 Å². The normalized spacial score (nSPS) is 10.9. The predicted octanol–water partition coefficient (Wildman–Crippen LogP) is 2.78. The summed E-state index contributed by atoms with van der Waals surface area (Å²) in [6.07, 6.45) is 0. The number of nitrogens with two attached hydrogens (primary N) is 1. The molecule has 3 aromatic rings. The van der Waals surface area contributed by atoms with Gasteiger partial charge in [-0.2, -0.15) is 0 Å². The molecule has 2 N–H and O–H groups in total. The Kier molecular flexibility index (Phi) is 2.08. The molecule has 0 amide bonds. The van der Waals surface area contributed by atoms with E-state index in [9.17, 15) is 0 Å². The quantitative estimate of drug-likeness (QED) is 0.691. The molecule has 84 valence electrons. The third-order valence-corrected chi connectivity index (χ3v) is 2.54. The van der Waals surface area contributed by atoms with E-state index >= 15 is 0 Å². The molecule has 1 aromatic carbocycles. The zero-order valence-electron chi connectivity index (χ0n) is 9.34. The molecule has 0 atom stereocenters. The molecule has 2 heterocycles. The fraction of sp³-hybridized carbons (Fsp3) is 0.0769. The molecule has 0 spiro atoms. The van der Waals surface area contributed by atoms with Crippen LogP contribution >= 0.6 is 0 Å². The molecule has 0 saturated carbocycles. The zero-order valence-corrected chi connectivity index (χ0v) is 9.34. The number of hydrogen-bond acceptors (Lipinski definition) is 4. The number of aryl methyl sites for hydroxylation is 1. The van der Waals surface area contributed by atoms with Crippen LogP contribution in [0.2, 0.25) is 0 Å². The van der Waals surface area contributed by atoms with E-state index in [1.54, 1.807) is 6.07 Å². The third kappa shape index (κ3) is 1.73. The summed E-state index contributed by atoms with van der Waals surface area (Å²) in [5, 5.41) is 1.05. The van der Waals surface area contributed by atoms with Crippen LogP contribution in [0.3, 0.4) is 0 Å². The second-order valence-electron chi connectivity index (χ2n) is 3.87. The van der Waals surface area contributed by atoms with E-state index in [1.165, 1.54) is 0 Å². The number of fused-ring (bicyclic) bond motifs is 1. The van der Waals surface area contributed by atoms with Gasteiger partial charge in [0.1, 0.15) is 22.9 Å². The summed E-state index contributed by atoms with van der Waals surface area (Å²) in [6.45, 7) is 1.81. The van der Waals surface area contributed by atoms with Crippen molar-refractivity contribution in [2.24, 2.45) is 0 Å². The number of benzene rings is 1. The Balaban J connectivity index is 2.20. The first kappa shape index (κ1) is 9.84. The van der Waals surface area contributed by atoms with Gasteiger partial charge in [-0.3, -0.25) is 0 Å². The maximum absolute atomic E-state index is 5.72. The Hall–Kier alpha value is -2.36. The van der Waals surface area contributed by atoms with Gasteiger partial charge in [-0.05, 0) is 19.1 Å². The highest BCUT2D eigenvalue weighted by Gasteiger charge is 2.08. The lowest BCUT2D eigenvalue weighted by molar-refractivity contribution is 0.628. The molecule has 4 heteroatoms. The van der Waals surface area contributed by atoms with Crippen LogP contribution in [0, 0.1) is 6.92 Å². The first-order chi connectivity index (χ1) is 8.22. The summed E-state index contributed by atoms with van der Waals surface area (Å²) in [5.41, 5.74) is 7.26. The summed E-state index contributed by atoms with van der Waals surface area (Å²) >= 11 is 0. The number of aromatic nitrogens is 2. The van der Waals surface area contributed by atoms with Crippen molar-refractivity contribution in [1.82, 2.24) is 9.97 Å². The van der Waals surface area contributed by atoms with Gasteiger partial charge >= 0.3 is 0 Å². The Labute approximate surface area is 98.1 Å². The molecule has 0 unspecified atom stereocenters. The molecule has 0 fully saturated rings. The van der Waals surface area contributed by atoms with E-state index in [-0.39, 0.29) is 0 Å². The fourth-order valence-electron chi connectivity index (χ4n) is 1.83. The first-order valence-corrected chi connectivity index (χ1v) is 5.32. The Morgan fingerprint density at radius 3 is 2.71 bits per heavy atom. The lowest BCUT2D eigenvalue weighted by Crippen LogP contribution is -1.96. The van der Waals surface area contributed by atoms with Crippen molar-refractivity contribution in [1.29, 1.82) is 0 Å². The van der Waals surface area contributed by atoms with Crippen LogP contribution < -0.4 is 5.73 Å². The van der Waals surface area contributed by atoms with Crippen LogP contribution in [0.25, 0.3) is 22.4 Å². The van der Waals surface area contributed by atoms with Crippen molar-refractivity contribution in [3.8, 4) is 11.5 Å². The first-order valence-electron chi connectivity index (χ1n) is 5.32. The standard InChI is InChI=1S/C13H11N3O/c1-8-15-10(7-13(14)16-8)12-6-9-4-2-3-5-11(9)17-12/h2-7H,1H3,(H2,14,15,16). The predicted molar refractivity (Wildman–Crippen MR) is 66.4 cm³/mol. The molecule has 0 radical (unpaired) electrons. The van der Waals surface area contributed by atoms with Crippen LogP contribution in [0.5, 0.6) is 0 Å². The smallest absolute Gasteiger partial charge is 0.154 e. The lowest BCUT2D eigenvalue weighted by Gasteiger charge is -1.99.